The molecule has 0 saturated carbocycles. The van der Waals surface area contributed by atoms with Crippen LogP contribution in [-0.4, -0.2) is 43.2 Å². The van der Waals surface area contributed by atoms with Gasteiger partial charge in [0.1, 0.15) is 17.6 Å². The van der Waals surface area contributed by atoms with E-state index in [1.54, 1.807) is 7.11 Å². The second kappa shape index (κ2) is 6.79. The zero-order chi connectivity index (χ0) is 16.4. The maximum absolute atomic E-state index is 11.7. The lowest BCUT2D eigenvalue weighted by atomic mass is 10.1. The summed E-state index contributed by atoms with van der Waals surface area (Å²) in [7, 11) is 1.71. The summed E-state index contributed by atoms with van der Waals surface area (Å²) in [5.41, 5.74) is 2.31. The van der Waals surface area contributed by atoms with E-state index in [0.717, 1.165) is 43.0 Å². The number of hydrogen-bond donors (Lipinski definition) is 1. The van der Waals surface area contributed by atoms with E-state index in [9.17, 15) is 4.79 Å². The molecule has 0 spiro atoms. The Hall–Kier alpha value is -1.75. The molecule has 5 heteroatoms. The number of hydrogen-bond acceptors (Lipinski definition) is 4. The lowest BCUT2D eigenvalue weighted by Gasteiger charge is -2.22. The third-order valence-corrected chi connectivity index (χ3v) is 4.61. The Bertz CT molecular complexity index is 588. The number of benzene rings is 1. The van der Waals surface area contributed by atoms with Crippen LogP contribution in [0.4, 0.5) is 0 Å². The van der Waals surface area contributed by atoms with Gasteiger partial charge in [-0.25, -0.2) is 0 Å². The molecule has 1 saturated heterocycles. The summed E-state index contributed by atoms with van der Waals surface area (Å²) in [6, 6.07) is 4.41. The minimum absolute atomic E-state index is 0.234. The molecule has 1 aromatic rings. The number of ether oxygens (including phenoxy) is 2. The van der Waals surface area contributed by atoms with Crippen LogP contribution in [0.1, 0.15) is 37.8 Å². The average molecular weight is 318 g/mol. The number of fused-ring (bicyclic) bond motifs is 1. The fourth-order valence-electron chi connectivity index (χ4n) is 3.39. The van der Waals surface area contributed by atoms with Crippen molar-refractivity contribution in [1.29, 1.82) is 0 Å². The number of carbonyl (C=O) groups is 1. The minimum Gasteiger partial charge on any atom is -0.496 e. The van der Waals surface area contributed by atoms with Crippen molar-refractivity contribution in [3.05, 3.63) is 23.3 Å². The lowest BCUT2D eigenvalue weighted by molar-refractivity contribution is -0.127. The van der Waals surface area contributed by atoms with Crippen molar-refractivity contribution < 1.29 is 14.3 Å². The molecule has 126 valence electrons. The van der Waals surface area contributed by atoms with E-state index < -0.39 is 0 Å². The number of nitrogens with zero attached hydrogens (tertiary/aromatic N) is 1. The largest absolute Gasteiger partial charge is 0.496 e. The van der Waals surface area contributed by atoms with Crippen molar-refractivity contribution in [3.8, 4) is 11.5 Å². The number of nitrogens with one attached hydrogen (secondary N) is 1. The Morgan fingerprint density at radius 2 is 2.30 bits per heavy atom. The standard InChI is InChI=1S/C18H26N2O3/c1-12(11-20-6-4-5-18(20)21)19-10-15-9-17-14(7-13(2)23-17)8-16(15)22-3/h8-9,12-13,19H,4-7,10-11H2,1-3H3/t12-,13-/m1/s1. The molecule has 2 atom stereocenters. The van der Waals surface area contributed by atoms with Gasteiger partial charge in [0.15, 0.2) is 0 Å². The Kier molecular flexibility index (Phi) is 4.76. The van der Waals surface area contributed by atoms with Gasteiger partial charge in [-0.15, -0.1) is 0 Å². The Morgan fingerprint density at radius 3 is 3.00 bits per heavy atom. The van der Waals surface area contributed by atoms with Gasteiger partial charge in [-0.05, 0) is 32.4 Å². The molecule has 0 aromatic heterocycles. The molecule has 1 fully saturated rings. The highest BCUT2D eigenvalue weighted by molar-refractivity contribution is 5.78. The third-order valence-electron chi connectivity index (χ3n) is 4.61. The number of likely N-dealkylation sites (tertiary alicyclic amines) is 1. The maximum atomic E-state index is 11.7. The molecule has 2 aliphatic rings. The summed E-state index contributed by atoms with van der Waals surface area (Å²) in [5, 5.41) is 3.49. The Morgan fingerprint density at radius 1 is 1.48 bits per heavy atom. The van der Waals surface area contributed by atoms with Crippen LogP contribution in [0.15, 0.2) is 12.1 Å². The molecule has 0 aliphatic carbocycles. The van der Waals surface area contributed by atoms with Gasteiger partial charge in [0.25, 0.3) is 0 Å². The fourth-order valence-corrected chi connectivity index (χ4v) is 3.39. The highest BCUT2D eigenvalue weighted by Gasteiger charge is 2.23. The molecule has 2 aliphatic heterocycles. The zero-order valence-corrected chi connectivity index (χ0v) is 14.2. The van der Waals surface area contributed by atoms with Crippen LogP contribution in [-0.2, 0) is 17.8 Å². The smallest absolute Gasteiger partial charge is 0.222 e. The molecular weight excluding hydrogens is 292 g/mol. The van der Waals surface area contributed by atoms with E-state index in [1.807, 2.05) is 4.90 Å². The van der Waals surface area contributed by atoms with Gasteiger partial charge in [-0.1, -0.05) is 0 Å². The second-order valence-corrected chi connectivity index (χ2v) is 6.63. The molecule has 1 N–H and O–H groups in total. The van der Waals surface area contributed by atoms with Crippen LogP contribution in [0.3, 0.4) is 0 Å². The second-order valence-electron chi connectivity index (χ2n) is 6.63. The van der Waals surface area contributed by atoms with Crippen molar-refractivity contribution in [3.63, 3.8) is 0 Å². The van der Waals surface area contributed by atoms with E-state index >= 15 is 0 Å². The molecule has 0 bridgehead atoms. The molecule has 0 unspecified atom stereocenters. The van der Waals surface area contributed by atoms with Crippen molar-refractivity contribution in [2.75, 3.05) is 20.2 Å². The van der Waals surface area contributed by atoms with E-state index in [1.165, 1.54) is 5.56 Å². The minimum atomic E-state index is 0.234. The number of rotatable bonds is 6. The topological polar surface area (TPSA) is 50.8 Å². The van der Waals surface area contributed by atoms with Crippen LogP contribution >= 0.6 is 0 Å². The summed E-state index contributed by atoms with van der Waals surface area (Å²) < 4.78 is 11.4. The SMILES string of the molecule is COc1cc2c(cc1CN[C@H](C)CN1CCCC1=O)O[C@H](C)C2. The maximum Gasteiger partial charge on any atom is 0.222 e. The summed E-state index contributed by atoms with van der Waals surface area (Å²) in [6.07, 6.45) is 2.85. The van der Waals surface area contributed by atoms with Crippen LogP contribution in [0.5, 0.6) is 11.5 Å². The molecule has 5 nitrogen and oxygen atoms in total. The average Bonchev–Trinajstić information content (AvgIpc) is 3.08. The van der Waals surface area contributed by atoms with Crippen LogP contribution in [0.2, 0.25) is 0 Å². The predicted molar refractivity (Wildman–Crippen MR) is 88.9 cm³/mol. The van der Waals surface area contributed by atoms with Gasteiger partial charge >= 0.3 is 0 Å². The molecule has 2 heterocycles. The number of methoxy groups -OCH3 is 1. The summed E-state index contributed by atoms with van der Waals surface area (Å²) in [4.78, 5) is 13.7. The molecule has 1 aromatic carbocycles. The van der Waals surface area contributed by atoms with Gasteiger partial charge in [0.05, 0.1) is 7.11 Å². The van der Waals surface area contributed by atoms with Gasteiger partial charge in [0.2, 0.25) is 5.91 Å². The van der Waals surface area contributed by atoms with Crippen molar-refractivity contribution in [2.45, 2.75) is 51.8 Å². The van der Waals surface area contributed by atoms with E-state index in [4.69, 9.17) is 9.47 Å². The van der Waals surface area contributed by atoms with E-state index in [2.05, 4.69) is 31.3 Å². The Labute approximate surface area is 137 Å². The van der Waals surface area contributed by atoms with Gasteiger partial charge in [0, 0.05) is 49.6 Å². The van der Waals surface area contributed by atoms with Crippen LogP contribution in [0.25, 0.3) is 0 Å². The first-order valence-corrected chi connectivity index (χ1v) is 8.44. The molecular formula is C18H26N2O3. The quantitative estimate of drug-likeness (QED) is 0.873. The summed E-state index contributed by atoms with van der Waals surface area (Å²) in [5.74, 6) is 2.15. The Balaban J connectivity index is 1.61. The predicted octanol–water partition coefficient (Wildman–Crippen LogP) is 2.12. The van der Waals surface area contributed by atoms with Crippen LogP contribution in [0, 0.1) is 0 Å². The van der Waals surface area contributed by atoms with Gasteiger partial charge in [-0.2, -0.15) is 0 Å². The van der Waals surface area contributed by atoms with E-state index in [0.29, 0.717) is 13.0 Å². The highest BCUT2D eigenvalue weighted by atomic mass is 16.5. The highest BCUT2D eigenvalue weighted by Crippen LogP contribution is 2.34. The molecule has 1 amide bonds. The molecule has 0 radical (unpaired) electrons. The first-order chi connectivity index (χ1) is 11.1. The summed E-state index contributed by atoms with van der Waals surface area (Å²) in [6.45, 7) is 6.55. The van der Waals surface area contributed by atoms with Crippen molar-refractivity contribution >= 4 is 5.91 Å². The fraction of sp³-hybridized carbons (Fsp3) is 0.611. The first kappa shape index (κ1) is 16.1. The van der Waals surface area contributed by atoms with Gasteiger partial charge < -0.3 is 19.7 Å². The van der Waals surface area contributed by atoms with E-state index in [-0.39, 0.29) is 18.1 Å². The number of carbonyl (C=O) groups excluding carboxylic acids is 1. The zero-order valence-electron chi connectivity index (χ0n) is 14.2. The monoisotopic (exact) mass is 318 g/mol. The third kappa shape index (κ3) is 3.61. The number of amides is 1. The lowest BCUT2D eigenvalue weighted by Crippen LogP contribution is -2.39. The molecule has 3 rings (SSSR count). The normalized spacial score (nSPS) is 21.3. The van der Waals surface area contributed by atoms with Crippen molar-refractivity contribution in [1.82, 2.24) is 10.2 Å². The molecule has 23 heavy (non-hydrogen) atoms. The van der Waals surface area contributed by atoms with Gasteiger partial charge in [-0.3, -0.25) is 4.79 Å². The first-order valence-electron chi connectivity index (χ1n) is 8.44. The van der Waals surface area contributed by atoms with Crippen LogP contribution < -0.4 is 14.8 Å². The summed E-state index contributed by atoms with van der Waals surface area (Å²) >= 11 is 0. The van der Waals surface area contributed by atoms with Crippen molar-refractivity contribution in [2.24, 2.45) is 0 Å².